The maximum atomic E-state index is 13.9. The van der Waals surface area contributed by atoms with Crippen LogP contribution in [0.4, 0.5) is 10.1 Å². The lowest BCUT2D eigenvalue weighted by Crippen LogP contribution is -2.36. The van der Waals surface area contributed by atoms with Gasteiger partial charge in [0.2, 0.25) is 0 Å². The Bertz CT molecular complexity index is 1240. The molecule has 9 heteroatoms. The summed E-state index contributed by atoms with van der Waals surface area (Å²) in [6.45, 7) is 3.15. The van der Waals surface area contributed by atoms with Crippen LogP contribution in [0.25, 0.3) is 6.08 Å². The smallest absolute Gasteiger partial charge is 0.343 e. The number of esters is 1. The van der Waals surface area contributed by atoms with Gasteiger partial charge in [0.05, 0.1) is 24.3 Å². The van der Waals surface area contributed by atoms with Gasteiger partial charge in [-0.15, -0.1) is 0 Å². The van der Waals surface area contributed by atoms with Crippen molar-refractivity contribution in [3.63, 3.8) is 0 Å². The Balaban J connectivity index is 1.49. The molecule has 0 amide bonds. The highest BCUT2D eigenvalue weighted by Gasteiger charge is 2.45. The van der Waals surface area contributed by atoms with E-state index in [2.05, 4.69) is 9.62 Å². The fourth-order valence-electron chi connectivity index (χ4n) is 4.43. The van der Waals surface area contributed by atoms with Gasteiger partial charge in [-0.2, -0.15) is 0 Å². The van der Waals surface area contributed by atoms with Crippen molar-refractivity contribution in [2.75, 3.05) is 38.1 Å². The Hall–Kier alpha value is -2.91. The normalized spacial score (nSPS) is 21.5. The molecule has 2 aliphatic heterocycles. The standard InChI is InChI=1S/C24H25FN2O5S/c1-31-24(28)22-20(7-6-18-19-13-16(19)14-32-23(18)22)26-33(29,30)21-8-5-17(25)12-15(21)4-2-9-27-10-3-11-27/h2,4-8,12,16,19,26H,3,9-11,13-14H2,1H3/b4-2-. The average Bonchev–Trinajstić information content (AvgIpc) is 3.54. The van der Waals surface area contributed by atoms with Gasteiger partial charge in [0, 0.05) is 12.5 Å². The van der Waals surface area contributed by atoms with Gasteiger partial charge in [0.25, 0.3) is 10.0 Å². The molecule has 0 spiro atoms. The van der Waals surface area contributed by atoms with Gasteiger partial charge < -0.3 is 9.47 Å². The molecule has 2 heterocycles. The third kappa shape index (κ3) is 4.22. The van der Waals surface area contributed by atoms with Crippen LogP contribution in [0.5, 0.6) is 5.75 Å². The molecule has 2 unspecified atom stereocenters. The minimum absolute atomic E-state index is 0.0564. The molecule has 2 fully saturated rings. The molecule has 2 aromatic carbocycles. The van der Waals surface area contributed by atoms with Gasteiger partial charge in [0.15, 0.2) is 0 Å². The Morgan fingerprint density at radius 1 is 1.30 bits per heavy atom. The van der Waals surface area contributed by atoms with E-state index in [0.29, 0.717) is 30.7 Å². The minimum atomic E-state index is -4.14. The highest BCUT2D eigenvalue weighted by Crippen LogP contribution is 2.55. The van der Waals surface area contributed by atoms with E-state index < -0.39 is 21.8 Å². The molecule has 2 atom stereocenters. The topological polar surface area (TPSA) is 84.9 Å². The number of sulfonamides is 1. The molecule has 1 saturated heterocycles. The fourth-order valence-corrected chi connectivity index (χ4v) is 5.68. The van der Waals surface area contributed by atoms with Crippen molar-refractivity contribution in [2.24, 2.45) is 5.92 Å². The molecule has 33 heavy (non-hydrogen) atoms. The summed E-state index contributed by atoms with van der Waals surface area (Å²) >= 11 is 0. The second-order valence-corrected chi connectivity index (χ2v) is 10.3. The Kier molecular flexibility index (Phi) is 5.62. The Morgan fingerprint density at radius 3 is 2.85 bits per heavy atom. The number of nitrogens with one attached hydrogen (secondary N) is 1. The predicted molar refractivity (Wildman–Crippen MR) is 121 cm³/mol. The van der Waals surface area contributed by atoms with Crippen LogP contribution in [-0.2, 0) is 14.8 Å². The SMILES string of the molecule is COC(=O)c1c(NS(=O)(=O)c2ccc(F)cc2/C=C\CN2CCC2)ccc2c1OCC1CC21. The summed E-state index contributed by atoms with van der Waals surface area (Å²) in [5, 5.41) is 0. The van der Waals surface area contributed by atoms with Gasteiger partial charge in [0.1, 0.15) is 17.1 Å². The molecule has 3 aliphatic rings. The van der Waals surface area contributed by atoms with Gasteiger partial charge in [-0.05, 0) is 67.2 Å². The summed E-state index contributed by atoms with van der Waals surface area (Å²) in [4.78, 5) is 14.7. The first-order chi connectivity index (χ1) is 15.9. The molecule has 0 radical (unpaired) electrons. The number of benzene rings is 2. The highest BCUT2D eigenvalue weighted by molar-refractivity contribution is 7.92. The lowest BCUT2D eigenvalue weighted by molar-refractivity contribution is 0.0596. The van der Waals surface area contributed by atoms with Crippen molar-refractivity contribution in [1.82, 2.24) is 4.90 Å². The second kappa shape index (κ2) is 8.46. The summed E-state index contributed by atoms with van der Waals surface area (Å²) in [6, 6.07) is 6.87. The zero-order chi connectivity index (χ0) is 23.2. The van der Waals surface area contributed by atoms with Crippen LogP contribution in [0.3, 0.4) is 0 Å². The third-order valence-corrected chi connectivity index (χ3v) is 7.90. The van der Waals surface area contributed by atoms with E-state index in [-0.39, 0.29) is 21.7 Å². The zero-order valence-electron chi connectivity index (χ0n) is 18.2. The molecule has 0 bridgehead atoms. The monoisotopic (exact) mass is 472 g/mol. The molecular formula is C24H25FN2O5S. The summed E-state index contributed by atoms with van der Waals surface area (Å²) in [6.07, 6.45) is 5.57. The van der Waals surface area contributed by atoms with Gasteiger partial charge in [-0.1, -0.05) is 18.2 Å². The van der Waals surface area contributed by atoms with Crippen molar-refractivity contribution in [3.8, 4) is 5.75 Å². The van der Waals surface area contributed by atoms with Gasteiger partial charge >= 0.3 is 5.97 Å². The average molecular weight is 473 g/mol. The van der Waals surface area contributed by atoms with E-state index in [1.165, 1.54) is 19.2 Å². The van der Waals surface area contributed by atoms with Crippen LogP contribution in [0.15, 0.2) is 41.3 Å². The van der Waals surface area contributed by atoms with Crippen LogP contribution in [0.2, 0.25) is 0 Å². The lowest BCUT2D eigenvalue weighted by Gasteiger charge is -2.29. The largest absolute Gasteiger partial charge is 0.492 e. The van der Waals surface area contributed by atoms with Crippen LogP contribution >= 0.6 is 0 Å². The number of halogens is 1. The molecular weight excluding hydrogens is 447 g/mol. The van der Waals surface area contributed by atoms with Crippen molar-refractivity contribution in [1.29, 1.82) is 0 Å². The number of ether oxygens (including phenoxy) is 2. The molecule has 1 saturated carbocycles. The summed E-state index contributed by atoms with van der Waals surface area (Å²) in [5.41, 5.74) is 1.25. The van der Waals surface area contributed by atoms with Crippen molar-refractivity contribution >= 4 is 27.8 Å². The minimum Gasteiger partial charge on any atom is -0.492 e. The lowest BCUT2D eigenvalue weighted by atomic mass is 10.0. The molecule has 1 N–H and O–H groups in total. The van der Waals surface area contributed by atoms with Crippen LogP contribution < -0.4 is 9.46 Å². The molecule has 7 nitrogen and oxygen atoms in total. The van der Waals surface area contributed by atoms with E-state index in [1.54, 1.807) is 18.2 Å². The van der Waals surface area contributed by atoms with Crippen LogP contribution in [0, 0.1) is 11.7 Å². The molecule has 2 aromatic rings. The first kappa shape index (κ1) is 21.9. The summed E-state index contributed by atoms with van der Waals surface area (Å²) in [5.74, 6) is -0.0839. The maximum Gasteiger partial charge on any atom is 0.343 e. The second-order valence-electron chi connectivity index (χ2n) is 8.66. The quantitative estimate of drug-likeness (QED) is 0.620. The number of likely N-dealkylation sites (tertiary alicyclic amines) is 1. The van der Waals surface area contributed by atoms with Crippen molar-refractivity contribution in [3.05, 3.63) is 58.9 Å². The highest BCUT2D eigenvalue weighted by atomic mass is 32.2. The fraction of sp³-hybridized carbons (Fsp3) is 0.375. The number of carbonyl (C=O) groups excluding carboxylic acids is 1. The van der Waals surface area contributed by atoms with Gasteiger partial charge in [-0.25, -0.2) is 17.6 Å². The molecule has 0 aromatic heterocycles. The van der Waals surface area contributed by atoms with E-state index in [1.807, 2.05) is 6.08 Å². The maximum absolute atomic E-state index is 13.9. The van der Waals surface area contributed by atoms with Crippen LogP contribution in [0.1, 0.15) is 40.2 Å². The number of rotatable bonds is 7. The summed E-state index contributed by atoms with van der Waals surface area (Å²) < 4.78 is 53.8. The van der Waals surface area contributed by atoms with Crippen LogP contribution in [-0.4, -0.2) is 52.6 Å². The Morgan fingerprint density at radius 2 is 2.12 bits per heavy atom. The number of hydrogen-bond acceptors (Lipinski definition) is 6. The molecule has 1 aliphatic carbocycles. The number of methoxy groups -OCH3 is 1. The predicted octanol–water partition coefficient (Wildman–Crippen LogP) is 3.63. The van der Waals surface area contributed by atoms with Crippen molar-refractivity contribution in [2.45, 2.75) is 23.7 Å². The van der Waals surface area contributed by atoms with E-state index >= 15 is 0 Å². The number of hydrogen-bond donors (Lipinski definition) is 1. The number of nitrogens with zero attached hydrogens (tertiary/aromatic N) is 1. The number of anilines is 1. The zero-order valence-corrected chi connectivity index (χ0v) is 19.0. The number of carbonyl (C=O) groups is 1. The molecule has 174 valence electrons. The van der Waals surface area contributed by atoms with E-state index in [9.17, 15) is 17.6 Å². The number of fused-ring (bicyclic) bond motifs is 3. The third-order valence-electron chi connectivity index (χ3n) is 6.46. The van der Waals surface area contributed by atoms with E-state index in [4.69, 9.17) is 9.47 Å². The van der Waals surface area contributed by atoms with Crippen molar-refractivity contribution < 1.29 is 27.1 Å². The van der Waals surface area contributed by atoms with E-state index in [0.717, 1.165) is 37.6 Å². The summed E-state index contributed by atoms with van der Waals surface area (Å²) in [7, 11) is -2.90. The molecule has 5 rings (SSSR count). The Labute approximate surface area is 192 Å². The first-order valence-corrected chi connectivity index (χ1v) is 12.4. The van der Waals surface area contributed by atoms with Gasteiger partial charge in [-0.3, -0.25) is 9.62 Å². The first-order valence-electron chi connectivity index (χ1n) is 11.0.